The van der Waals surface area contributed by atoms with Gasteiger partial charge in [-0.15, -0.1) is 0 Å². The molecule has 0 aliphatic rings. The van der Waals surface area contributed by atoms with Crippen LogP contribution in [-0.2, 0) is 5.54 Å². The summed E-state index contributed by atoms with van der Waals surface area (Å²) in [7, 11) is 0. The second-order valence-electron chi connectivity index (χ2n) is 9.17. The molecular weight excluding hydrogens is 603 g/mol. The van der Waals surface area contributed by atoms with Gasteiger partial charge in [0.1, 0.15) is 5.82 Å². The molecule has 2 heterocycles. The van der Waals surface area contributed by atoms with E-state index < -0.39 is 23.6 Å². The van der Waals surface area contributed by atoms with Gasteiger partial charge in [0.25, 0.3) is 0 Å². The van der Waals surface area contributed by atoms with Crippen molar-refractivity contribution in [1.82, 2.24) is 25.4 Å². The monoisotopic (exact) mass is 628 g/mol. The number of hydrogen-bond acceptors (Lipinski definition) is 8. The molecule has 0 aliphatic carbocycles. The second kappa shape index (κ2) is 11.9. The van der Waals surface area contributed by atoms with Crippen LogP contribution < -0.4 is 16.4 Å². The first-order chi connectivity index (χ1) is 21.3. The summed E-state index contributed by atoms with van der Waals surface area (Å²) in [6.45, 7) is -2.37. The van der Waals surface area contributed by atoms with E-state index in [9.17, 15) is 9.18 Å². The van der Waals surface area contributed by atoms with Crippen LogP contribution in [0.3, 0.4) is 0 Å². The average Bonchev–Trinajstić information content (AvgIpc) is 3.67. The van der Waals surface area contributed by atoms with Crippen LogP contribution in [0, 0.1) is 5.82 Å². The zero-order chi connectivity index (χ0) is 30.7. The van der Waals surface area contributed by atoms with E-state index >= 15 is 0 Å². The minimum atomic E-state index is -2.07. The van der Waals surface area contributed by atoms with Crippen molar-refractivity contribution in [2.45, 2.75) is 5.54 Å². The molecular formula is C31H24BrFN6O3. The molecule has 210 valence electrons. The maximum atomic E-state index is 13.9. The van der Waals surface area contributed by atoms with Gasteiger partial charge in [-0.1, -0.05) is 96.2 Å². The minimum absolute atomic E-state index is 0.00691. The highest BCUT2D eigenvalue weighted by Crippen LogP contribution is 2.36. The van der Waals surface area contributed by atoms with Crippen molar-refractivity contribution in [1.29, 1.82) is 0 Å². The zero-order valence-corrected chi connectivity index (χ0v) is 23.5. The van der Waals surface area contributed by atoms with E-state index in [1.807, 2.05) is 91.0 Å². The standard InChI is InChI=1S/C31H24BrFN6O3/c32-25-20-24(16-17-26(25)33)39-29(38-41-30(39)40)27-28(37-42-36-27)34-18-19-35-31(21-10-4-1-5-11-21,22-12-6-2-7-13-22)23-14-8-3-9-15-23/h1-17,20,35H,18-19H2,(H,34,37)/i19D2. The van der Waals surface area contributed by atoms with Crippen molar-refractivity contribution in [2.75, 3.05) is 18.4 Å². The fourth-order valence-electron chi connectivity index (χ4n) is 4.79. The molecule has 0 radical (unpaired) electrons. The Hall–Kier alpha value is -4.87. The summed E-state index contributed by atoms with van der Waals surface area (Å²) in [5, 5.41) is 17.8. The minimum Gasteiger partial charge on any atom is -0.364 e. The third-order valence-electron chi connectivity index (χ3n) is 6.71. The Morgan fingerprint density at radius 2 is 1.45 bits per heavy atom. The van der Waals surface area contributed by atoms with Crippen LogP contribution in [-0.4, -0.2) is 33.1 Å². The van der Waals surface area contributed by atoms with Crippen molar-refractivity contribution in [2.24, 2.45) is 0 Å². The van der Waals surface area contributed by atoms with Gasteiger partial charge >= 0.3 is 5.76 Å². The Morgan fingerprint density at radius 3 is 2.02 bits per heavy atom. The normalized spacial score (nSPS) is 12.5. The summed E-state index contributed by atoms with van der Waals surface area (Å²) in [5.74, 6) is -1.41. The number of nitrogens with one attached hydrogen (secondary N) is 2. The van der Waals surface area contributed by atoms with Crippen LogP contribution >= 0.6 is 15.9 Å². The molecule has 4 aromatic carbocycles. The van der Waals surface area contributed by atoms with Gasteiger partial charge in [-0.05, 0) is 61.1 Å². The van der Waals surface area contributed by atoms with E-state index in [0.717, 1.165) is 21.3 Å². The Bertz CT molecular complexity index is 1840. The predicted molar refractivity (Wildman–Crippen MR) is 159 cm³/mol. The van der Waals surface area contributed by atoms with Gasteiger partial charge in [-0.3, -0.25) is 9.84 Å². The fraction of sp³-hybridized carbons (Fsp3) is 0.0968. The smallest absolute Gasteiger partial charge is 0.364 e. The summed E-state index contributed by atoms with van der Waals surface area (Å²) >= 11 is 3.12. The SMILES string of the molecule is [2H]C([2H])(CNc1nonc1-c1noc(=O)n1-c1ccc(F)c(Br)c1)NC(c1ccccc1)(c1ccccc1)c1ccccc1. The van der Waals surface area contributed by atoms with Gasteiger partial charge < -0.3 is 5.32 Å². The van der Waals surface area contributed by atoms with E-state index in [0.29, 0.717) is 0 Å². The second-order valence-corrected chi connectivity index (χ2v) is 10.0. The molecule has 42 heavy (non-hydrogen) atoms. The molecule has 2 aromatic heterocycles. The highest BCUT2D eigenvalue weighted by atomic mass is 79.9. The van der Waals surface area contributed by atoms with Gasteiger partial charge in [0.05, 0.1) is 15.7 Å². The molecule has 0 fully saturated rings. The van der Waals surface area contributed by atoms with Crippen LogP contribution in [0.2, 0.25) is 0 Å². The molecule has 0 saturated heterocycles. The topological polar surface area (TPSA) is 111 Å². The molecule has 0 aliphatic heterocycles. The first kappa shape index (κ1) is 24.9. The number of rotatable bonds is 10. The Balaban J connectivity index is 1.35. The maximum absolute atomic E-state index is 13.9. The van der Waals surface area contributed by atoms with Crippen LogP contribution in [0.25, 0.3) is 17.2 Å². The van der Waals surface area contributed by atoms with E-state index in [1.54, 1.807) is 0 Å². The van der Waals surface area contributed by atoms with Crippen molar-refractivity contribution in [3.8, 4) is 17.2 Å². The largest absolute Gasteiger partial charge is 0.446 e. The van der Waals surface area contributed by atoms with E-state index in [4.69, 9.17) is 11.9 Å². The van der Waals surface area contributed by atoms with Crippen molar-refractivity contribution in [3.63, 3.8) is 0 Å². The van der Waals surface area contributed by atoms with Gasteiger partial charge in [-0.25, -0.2) is 18.4 Å². The average molecular weight is 629 g/mol. The van der Waals surface area contributed by atoms with E-state index in [2.05, 4.69) is 42.0 Å². The summed E-state index contributed by atoms with van der Waals surface area (Å²) in [6.07, 6.45) is 0. The molecule has 0 atom stereocenters. The molecule has 6 aromatic rings. The molecule has 0 amide bonds. The summed E-state index contributed by atoms with van der Waals surface area (Å²) in [6, 6.07) is 32.9. The molecule has 2 N–H and O–H groups in total. The Labute approximate surface area is 250 Å². The summed E-state index contributed by atoms with van der Waals surface area (Å²) in [5.41, 5.74) is 1.67. The van der Waals surface area contributed by atoms with E-state index in [1.165, 1.54) is 18.2 Å². The first-order valence-corrected chi connectivity index (χ1v) is 13.6. The van der Waals surface area contributed by atoms with Gasteiger partial charge in [0, 0.05) is 15.8 Å². The number of nitrogens with zero attached hydrogens (tertiary/aromatic N) is 4. The van der Waals surface area contributed by atoms with Gasteiger partial charge in [-0.2, -0.15) is 0 Å². The summed E-state index contributed by atoms with van der Waals surface area (Å²) in [4.78, 5) is 12.6. The molecule has 6 rings (SSSR count). The van der Waals surface area contributed by atoms with Crippen molar-refractivity contribution >= 4 is 21.7 Å². The number of hydrogen-bond donors (Lipinski definition) is 2. The number of anilines is 1. The predicted octanol–water partition coefficient (Wildman–Crippen LogP) is 5.77. The van der Waals surface area contributed by atoms with Gasteiger partial charge in [0.15, 0.2) is 5.69 Å². The first-order valence-electron chi connectivity index (χ1n) is 13.9. The Kier molecular flexibility index (Phi) is 7.07. The van der Waals surface area contributed by atoms with Crippen molar-refractivity contribution < 1.29 is 16.3 Å². The van der Waals surface area contributed by atoms with Crippen LogP contribution in [0.5, 0.6) is 0 Å². The van der Waals surface area contributed by atoms with Crippen LogP contribution in [0.15, 0.2) is 128 Å². The Morgan fingerprint density at radius 1 is 0.857 bits per heavy atom. The fourth-order valence-corrected chi connectivity index (χ4v) is 5.15. The molecule has 0 unspecified atom stereocenters. The molecule has 0 spiro atoms. The lowest BCUT2D eigenvalue weighted by Gasteiger charge is -2.37. The van der Waals surface area contributed by atoms with Crippen LogP contribution in [0.4, 0.5) is 10.2 Å². The van der Waals surface area contributed by atoms with Gasteiger partial charge in [0.2, 0.25) is 11.6 Å². The summed E-state index contributed by atoms with van der Waals surface area (Å²) < 4.78 is 43.1. The zero-order valence-electron chi connectivity index (χ0n) is 23.9. The molecule has 9 nitrogen and oxygen atoms in total. The number of aromatic nitrogens is 4. The lowest BCUT2D eigenvalue weighted by Crippen LogP contribution is -2.46. The number of halogens is 2. The number of benzene rings is 4. The maximum Gasteiger partial charge on any atom is 0.446 e. The lowest BCUT2D eigenvalue weighted by molar-refractivity contribution is 0.309. The third kappa shape index (κ3) is 5.15. The van der Waals surface area contributed by atoms with E-state index in [-0.39, 0.29) is 34.0 Å². The highest BCUT2D eigenvalue weighted by Gasteiger charge is 2.35. The lowest BCUT2D eigenvalue weighted by atomic mass is 9.77. The molecule has 11 heteroatoms. The molecule has 0 bridgehead atoms. The third-order valence-corrected chi connectivity index (χ3v) is 7.31. The quantitative estimate of drug-likeness (QED) is 0.184. The van der Waals surface area contributed by atoms with Crippen molar-refractivity contribution in [3.05, 3.63) is 147 Å². The highest BCUT2D eigenvalue weighted by molar-refractivity contribution is 9.10. The van der Waals surface area contributed by atoms with Crippen LogP contribution in [0.1, 0.15) is 19.4 Å². The molecule has 0 saturated carbocycles.